The molecular weight excluding hydrogens is 192 g/mol. The molecule has 0 saturated carbocycles. The molecule has 1 aromatic carbocycles. The van der Waals surface area contributed by atoms with Crippen molar-refractivity contribution in [1.82, 2.24) is 0 Å². The lowest BCUT2D eigenvalue weighted by Gasteiger charge is -2.10. The SMILES string of the molecule is CC1=C/C=C\C=C/C(c2ccccc2)=C\1C. The zero-order chi connectivity index (χ0) is 11.4. The molecule has 0 unspecified atom stereocenters. The standard InChI is InChI=1S/C16H16/c1-13-9-5-3-8-12-16(14(13)2)15-10-6-4-7-11-15/h3-12H,1-2H3/b5-3-,8-3?,9-5?,12-8-,13-9-,14-13?,16-12?,16-14+. The van der Waals surface area contributed by atoms with E-state index in [0.29, 0.717) is 0 Å². The fourth-order valence-corrected chi connectivity index (χ4v) is 1.81. The molecule has 0 fully saturated rings. The van der Waals surface area contributed by atoms with Crippen LogP contribution in [0.2, 0.25) is 0 Å². The van der Waals surface area contributed by atoms with Crippen LogP contribution < -0.4 is 0 Å². The molecule has 0 heterocycles. The van der Waals surface area contributed by atoms with E-state index in [1.807, 2.05) is 0 Å². The van der Waals surface area contributed by atoms with Crippen LogP contribution in [0, 0.1) is 0 Å². The Morgan fingerprint density at radius 3 is 2.31 bits per heavy atom. The molecule has 0 aliphatic heterocycles. The van der Waals surface area contributed by atoms with Gasteiger partial charge in [-0.05, 0) is 36.1 Å². The van der Waals surface area contributed by atoms with Crippen LogP contribution in [0.25, 0.3) is 5.57 Å². The Morgan fingerprint density at radius 2 is 1.56 bits per heavy atom. The highest BCUT2D eigenvalue weighted by molar-refractivity contribution is 5.79. The molecule has 0 bridgehead atoms. The molecule has 0 amide bonds. The van der Waals surface area contributed by atoms with Gasteiger partial charge in [-0.3, -0.25) is 0 Å². The van der Waals surface area contributed by atoms with Crippen LogP contribution in [0.4, 0.5) is 0 Å². The summed E-state index contributed by atoms with van der Waals surface area (Å²) in [5, 5.41) is 0. The Labute approximate surface area is 97.3 Å². The molecule has 16 heavy (non-hydrogen) atoms. The van der Waals surface area contributed by atoms with Gasteiger partial charge in [-0.25, -0.2) is 0 Å². The van der Waals surface area contributed by atoms with Crippen molar-refractivity contribution in [2.24, 2.45) is 0 Å². The van der Waals surface area contributed by atoms with Crippen LogP contribution in [0.15, 0.2) is 71.9 Å². The van der Waals surface area contributed by atoms with Gasteiger partial charge in [0.2, 0.25) is 0 Å². The van der Waals surface area contributed by atoms with Gasteiger partial charge < -0.3 is 0 Å². The average molecular weight is 208 g/mol. The fraction of sp³-hybridized carbons (Fsp3) is 0.125. The second kappa shape index (κ2) is 4.80. The number of benzene rings is 1. The zero-order valence-corrected chi connectivity index (χ0v) is 9.77. The van der Waals surface area contributed by atoms with Crippen molar-refractivity contribution in [3.63, 3.8) is 0 Å². The van der Waals surface area contributed by atoms with Gasteiger partial charge in [-0.2, -0.15) is 0 Å². The first-order valence-electron chi connectivity index (χ1n) is 5.57. The Hall–Kier alpha value is -1.82. The topological polar surface area (TPSA) is 0 Å². The predicted octanol–water partition coefficient (Wildman–Crippen LogP) is 4.53. The van der Waals surface area contributed by atoms with E-state index in [9.17, 15) is 0 Å². The third-order valence-corrected chi connectivity index (χ3v) is 2.91. The Balaban J connectivity index is 2.53. The minimum atomic E-state index is 1.28. The first kappa shape index (κ1) is 10.7. The average Bonchev–Trinajstić information content (AvgIpc) is 2.32. The monoisotopic (exact) mass is 208 g/mol. The third kappa shape index (κ3) is 2.22. The number of hydrogen-bond acceptors (Lipinski definition) is 0. The van der Waals surface area contributed by atoms with Crippen molar-refractivity contribution in [3.05, 3.63) is 77.4 Å². The van der Waals surface area contributed by atoms with Gasteiger partial charge in [0, 0.05) is 0 Å². The number of allylic oxidation sites excluding steroid dienone is 8. The molecular formula is C16H16. The smallest absolute Gasteiger partial charge is 0.0152 e. The van der Waals surface area contributed by atoms with Gasteiger partial charge >= 0.3 is 0 Å². The van der Waals surface area contributed by atoms with E-state index in [4.69, 9.17) is 0 Å². The molecule has 0 saturated heterocycles. The highest BCUT2D eigenvalue weighted by Gasteiger charge is 2.04. The minimum absolute atomic E-state index is 1.28. The first-order chi connectivity index (χ1) is 7.79. The second-order valence-corrected chi connectivity index (χ2v) is 4.00. The van der Waals surface area contributed by atoms with Crippen molar-refractivity contribution < 1.29 is 0 Å². The lowest BCUT2D eigenvalue weighted by atomic mass is 9.95. The normalized spacial score (nSPS) is 27.5. The van der Waals surface area contributed by atoms with E-state index in [1.165, 1.54) is 22.3 Å². The van der Waals surface area contributed by atoms with Crippen molar-refractivity contribution in [3.8, 4) is 0 Å². The van der Waals surface area contributed by atoms with Gasteiger partial charge in [0.15, 0.2) is 0 Å². The Kier molecular flexibility index (Phi) is 3.21. The van der Waals surface area contributed by atoms with E-state index < -0.39 is 0 Å². The van der Waals surface area contributed by atoms with E-state index in [1.54, 1.807) is 0 Å². The summed E-state index contributed by atoms with van der Waals surface area (Å²) in [5.41, 5.74) is 5.24. The summed E-state index contributed by atoms with van der Waals surface area (Å²) >= 11 is 0. The molecule has 1 aliphatic rings. The molecule has 0 aromatic heterocycles. The van der Waals surface area contributed by atoms with Crippen LogP contribution in [0.1, 0.15) is 19.4 Å². The molecule has 80 valence electrons. The quantitative estimate of drug-likeness (QED) is 0.636. The lowest BCUT2D eigenvalue weighted by Crippen LogP contribution is -1.89. The maximum atomic E-state index is 2.18. The lowest BCUT2D eigenvalue weighted by molar-refractivity contribution is 1.34. The van der Waals surface area contributed by atoms with Gasteiger partial charge in [0.1, 0.15) is 0 Å². The maximum absolute atomic E-state index is 2.18. The van der Waals surface area contributed by atoms with Crippen molar-refractivity contribution in [2.75, 3.05) is 0 Å². The molecule has 2 rings (SSSR count). The van der Waals surface area contributed by atoms with Crippen molar-refractivity contribution in [1.29, 1.82) is 0 Å². The highest BCUT2D eigenvalue weighted by atomic mass is 14.1. The zero-order valence-electron chi connectivity index (χ0n) is 9.77. The summed E-state index contributed by atoms with van der Waals surface area (Å²) in [7, 11) is 0. The molecule has 1 aliphatic carbocycles. The van der Waals surface area contributed by atoms with E-state index in [-0.39, 0.29) is 0 Å². The van der Waals surface area contributed by atoms with Crippen LogP contribution >= 0.6 is 0 Å². The molecule has 1 aromatic rings. The van der Waals surface area contributed by atoms with Crippen LogP contribution in [0.5, 0.6) is 0 Å². The van der Waals surface area contributed by atoms with E-state index in [0.717, 1.165) is 0 Å². The van der Waals surface area contributed by atoms with Crippen LogP contribution in [-0.2, 0) is 0 Å². The van der Waals surface area contributed by atoms with Crippen molar-refractivity contribution >= 4 is 5.57 Å². The fourth-order valence-electron chi connectivity index (χ4n) is 1.81. The first-order valence-corrected chi connectivity index (χ1v) is 5.57. The molecule has 0 atom stereocenters. The predicted molar refractivity (Wildman–Crippen MR) is 71.1 cm³/mol. The van der Waals surface area contributed by atoms with Gasteiger partial charge in [-0.15, -0.1) is 0 Å². The summed E-state index contributed by atoms with van der Waals surface area (Å²) < 4.78 is 0. The second-order valence-electron chi connectivity index (χ2n) is 4.00. The minimum Gasteiger partial charge on any atom is -0.0622 e. The summed E-state index contributed by atoms with van der Waals surface area (Å²) in [6.45, 7) is 4.33. The molecule has 0 nitrogen and oxygen atoms in total. The van der Waals surface area contributed by atoms with Crippen molar-refractivity contribution in [2.45, 2.75) is 13.8 Å². The summed E-state index contributed by atoms with van der Waals surface area (Å²) in [4.78, 5) is 0. The van der Waals surface area contributed by atoms with E-state index in [2.05, 4.69) is 74.6 Å². The maximum Gasteiger partial charge on any atom is -0.0152 e. The van der Waals surface area contributed by atoms with Gasteiger partial charge in [0.05, 0.1) is 0 Å². The summed E-state index contributed by atoms with van der Waals surface area (Å²) in [6, 6.07) is 10.5. The van der Waals surface area contributed by atoms with Gasteiger partial charge in [-0.1, -0.05) is 60.7 Å². The molecule has 0 spiro atoms. The van der Waals surface area contributed by atoms with Crippen LogP contribution in [-0.4, -0.2) is 0 Å². The third-order valence-electron chi connectivity index (χ3n) is 2.91. The van der Waals surface area contributed by atoms with E-state index >= 15 is 0 Å². The van der Waals surface area contributed by atoms with Gasteiger partial charge in [0.25, 0.3) is 0 Å². The molecule has 0 N–H and O–H groups in total. The molecule has 0 radical (unpaired) electrons. The number of rotatable bonds is 1. The largest absolute Gasteiger partial charge is 0.0622 e. The Morgan fingerprint density at radius 1 is 0.812 bits per heavy atom. The highest BCUT2D eigenvalue weighted by Crippen LogP contribution is 2.25. The van der Waals surface area contributed by atoms with Crippen LogP contribution in [0.3, 0.4) is 0 Å². The molecule has 0 heteroatoms. The summed E-state index contributed by atoms with van der Waals surface area (Å²) in [6.07, 6.45) is 10.6. The summed E-state index contributed by atoms with van der Waals surface area (Å²) in [5.74, 6) is 0. The number of hydrogen-bond donors (Lipinski definition) is 0. The Bertz CT molecular complexity index is 482.